The second-order valence-electron chi connectivity index (χ2n) is 5.20. The highest BCUT2D eigenvalue weighted by molar-refractivity contribution is 7.89. The largest absolute Gasteiger partial charge is 0.269 e. The van der Waals surface area contributed by atoms with E-state index in [1.54, 1.807) is 6.20 Å². The molecule has 22 heavy (non-hydrogen) atoms. The molecule has 0 saturated heterocycles. The fourth-order valence-corrected chi connectivity index (χ4v) is 4.08. The molecular formula is C14H15ClFN3O2S. The summed E-state index contributed by atoms with van der Waals surface area (Å²) in [4.78, 5) is -0.254. The Bertz CT molecular complexity index is 804. The van der Waals surface area contributed by atoms with Crippen molar-refractivity contribution in [3.63, 3.8) is 0 Å². The lowest BCUT2D eigenvalue weighted by Gasteiger charge is -2.15. The van der Waals surface area contributed by atoms with Crippen molar-refractivity contribution in [3.05, 3.63) is 46.5 Å². The van der Waals surface area contributed by atoms with Crippen molar-refractivity contribution in [1.82, 2.24) is 14.5 Å². The Morgan fingerprint density at radius 1 is 1.36 bits per heavy atom. The average Bonchev–Trinajstić information content (AvgIpc) is 2.91. The van der Waals surface area contributed by atoms with Crippen LogP contribution in [0, 0.1) is 5.82 Å². The van der Waals surface area contributed by atoms with E-state index in [9.17, 15) is 12.8 Å². The minimum Gasteiger partial charge on any atom is -0.269 e. The molecule has 0 radical (unpaired) electrons. The molecule has 3 rings (SSSR count). The molecule has 1 aliphatic heterocycles. The van der Waals surface area contributed by atoms with Crippen molar-refractivity contribution in [2.75, 3.05) is 0 Å². The van der Waals surface area contributed by atoms with E-state index in [2.05, 4.69) is 9.82 Å². The summed E-state index contributed by atoms with van der Waals surface area (Å²) in [5.41, 5.74) is 1.90. The van der Waals surface area contributed by atoms with Gasteiger partial charge in [-0.15, -0.1) is 0 Å². The number of halogens is 2. The van der Waals surface area contributed by atoms with Crippen molar-refractivity contribution >= 4 is 21.6 Å². The molecule has 0 unspecified atom stereocenters. The summed E-state index contributed by atoms with van der Waals surface area (Å²) in [6.45, 7) is 0.975. The van der Waals surface area contributed by atoms with Gasteiger partial charge in [0.1, 0.15) is 10.7 Å². The molecule has 0 bridgehead atoms. The van der Waals surface area contributed by atoms with E-state index in [0.717, 1.165) is 49.2 Å². The first-order chi connectivity index (χ1) is 10.5. The normalized spacial score (nSPS) is 14.8. The van der Waals surface area contributed by atoms with Gasteiger partial charge in [-0.25, -0.2) is 17.5 Å². The summed E-state index contributed by atoms with van der Waals surface area (Å²) >= 11 is 5.85. The van der Waals surface area contributed by atoms with E-state index >= 15 is 0 Å². The molecule has 1 aromatic carbocycles. The highest BCUT2D eigenvalue weighted by Gasteiger charge is 2.21. The summed E-state index contributed by atoms with van der Waals surface area (Å²) in [7, 11) is -3.88. The summed E-state index contributed by atoms with van der Waals surface area (Å²) in [6, 6.07) is 3.26. The molecule has 2 heterocycles. The average molecular weight is 344 g/mol. The number of hydrogen-bond acceptors (Lipinski definition) is 3. The van der Waals surface area contributed by atoms with Crippen molar-refractivity contribution in [1.29, 1.82) is 0 Å². The van der Waals surface area contributed by atoms with Gasteiger partial charge in [0, 0.05) is 24.3 Å². The van der Waals surface area contributed by atoms with E-state index < -0.39 is 15.8 Å². The van der Waals surface area contributed by atoms with Gasteiger partial charge >= 0.3 is 0 Å². The smallest absolute Gasteiger partial charge is 0.242 e. The van der Waals surface area contributed by atoms with Crippen LogP contribution in [0.3, 0.4) is 0 Å². The standard InChI is InChI=1S/C14H15ClFN3O2S/c15-12-5-4-11(16)7-14(12)22(20,21)18-9-10-8-17-19-6-2-1-3-13(10)19/h4-5,7-8,18H,1-3,6,9H2. The van der Waals surface area contributed by atoms with Crippen molar-refractivity contribution in [2.24, 2.45) is 0 Å². The van der Waals surface area contributed by atoms with Crippen LogP contribution in [-0.4, -0.2) is 18.2 Å². The Labute approximate surface area is 133 Å². The van der Waals surface area contributed by atoms with Crippen LogP contribution in [-0.2, 0) is 29.5 Å². The fraction of sp³-hybridized carbons (Fsp3) is 0.357. The number of aryl methyl sites for hydroxylation is 1. The number of hydrogen-bond donors (Lipinski definition) is 1. The molecule has 0 fully saturated rings. The Morgan fingerprint density at radius 3 is 3.00 bits per heavy atom. The Kier molecular flexibility index (Phi) is 4.20. The van der Waals surface area contributed by atoms with E-state index in [-0.39, 0.29) is 16.5 Å². The summed E-state index contributed by atoms with van der Waals surface area (Å²) in [5.74, 6) is -0.646. The van der Waals surface area contributed by atoms with Gasteiger partial charge < -0.3 is 0 Å². The van der Waals surface area contributed by atoms with Crippen LogP contribution in [0.25, 0.3) is 0 Å². The highest BCUT2D eigenvalue weighted by atomic mass is 35.5. The topological polar surface area (TPSA) is 64.0 Å². The molecular weight excluding hydrogens is 329 g/mol. The van der Waals surface area contributed by atoms with Crippen LogP contribution in [0.15, 0.2) is 29.3 Å². The van der Waals surface area contributed by atoms with Crippen LogP contribution in [0.5, 0.6) is 0 Å². The Morgan fingerprint density at radius 2 is 2.18 bits per heavy atom. The summed E-state index contributed by atoms with van der Waals surface area (Å²) < 4.78 is 42.2. The molecule has 0 atom stereocenters. The maximum absolute atomic E-state index is 13.3. The van der Waals surface area contributed by atoms with Gasteiger partial charge in [0.2, 0.25) is 10.0 Å². The van der Waals surface area contributed by atoms with Crippen molar-refractivity contribution < 1.29 is 12.8 Å². The Balaban J connectivity index is 1.81. The maximum Gasteiger partial charge on any atom is 0.242 e. The lowest BCUT2D eigenvalue weighted by molar-refractivity contribution is 0.484. The van der Waals surface area contributed by atoms with Crippen LogP contribution in [0.2, 0.25) is 5.02 Å². The lowest BCUT2D eigenvalue weighted by atomic mass is 10.1. The van der Waals surface area contributed by atoms with Crippen LogP contribution < -0.4 is 4.72 Å². The molecule has 0 aliphatic carbocycles. The zero-order valence-electron chi connectivity index (χ0n) is 11.7. The number of rotatable bonds is 4. The third-order valence-corrected chi connectivity index (χ3v) is 5.59. The number of nitrogens with zero attached hydrogens (tertiary/aromatic N) is 2. The van der Waals surface area contributed by atoms with E-state index in [1.807, 2.05) is 4.68 Å². The molecule has 8 heteroatoms. The third kappa shape index (κ3) is 3.02. The summed E-state index contributed by atoms with van der Waals surface area (Å²) in [5, 5.41) is 4.25. The SMILES string of the molecule is O=S(=O)(NCc1cnn2c1CCCC2)c1cc(F)ccc1Cl. The van der Waals surface area contributed by atoms with E-state index in [0.29, 0.717) is 0 Å². The molecule has 1 N–H and O–H groups in total. The first kappa shape index (κ1) is 15.5. The first-order valence-electron chi connectivity index (χ1n) is 6.95. The fourth-order valence-electron chi connectivity index (χ4n) is 2.57. The van der Waals surface area contributed by atoms with Gasteiger partial charge in [-0.3, -0.25) is 4.68 Å². The first-order valence-corrected chi connectivity index (χ1v) is 8.82. The number of aromatic nitrogens is 2. The molecule has 2 aromatic rings. The zero-order valence-corrected chi connectivity index (χ0v) is 13.3. The molecule has 0 amide bonds. The number of benzene rings is 1. The Hall–Kier alpha value is -1.44. The van der Waals surface area contributed by atoms with Crippen LogP contribution in [0.1, 0.15) is 24.1 Å². The molecule has 5 nitrogen and oxygen atoms in total. The number of fused-ring (bicyclic) bond motifs is 1. The molecule has 1 aliphatic rings. The van der Waals surface area contributed by atoms with Gasteiger partial charge in [-0.05, 0) is 37.5 Å². The van der Waals surface area contributed by atoms with Crippen molar-refractivity contribution in [2.45, 2.75) is 37.2 Å². The van der Waals surface area contributed by atoms with Crippen LogP contribution >= 0.6 is 11.6 Å². The quantitative estimate of drug-likeness (QED) is 0.927. The second kappa shape index (κ2) is 5.98. The van der Waals surface area contributed by atoms with Gasteiger partial charge in [0.05, 0.1) is 11.2 Å². The lowest BCUT2D eigenvalue weighted by Crippen LogP contribution is -2.24. The minimum absolute atomic E-state index is 0.00839. The predicted molar refractivity (Wildman–Crippen MR) is 80.6 cm³/mol. The van der Waals surface area contributed by atoms with Gasteiger partial charge in [-0.2, -0.15) is 5.10 Å². The van der Waals surface area contributed by atoms with E-state index in [1.165, 1.54) is 6.07 Å². The van der Waals surface area contributed by atoms with Crippen LogP contribution in [0.4, 0.5) is 4.39 Å². The van der Waals surface area contributed by atoms with Crippen molar-refractivity contribution in [3.8, 4) is 0 Å². The molecule has 0 spiro atoms. The van der Waals surface area contributed by atoms with Gasteiger partial charge in [0.25, 0.3) is 0 Å². The predicted octanol–water partition coefficient (Wildman–Crippen LogP) is 2.49. The monoisotopic (exact) mass is 343 g/mol. The number of sulfonamides is 1. The zero-order chi connectivity index (χ0) is 15.7. The molecule has 0 saturated carbocycles. The van der Waals surface area contributed by atoms with Gasteiger partial charge in [-0.1, -0.05) is 11.6 Å². The molecule has 118 valence electrons. The number of nitrogens with one attached hydrogen (secondary N) is 1. The molecule has 1 aromatic heterocycles. The van der Waals surface area contributed by atoms with Gasteiger partial charge in [0.15, 0.2) is 0 Å². The summed E-state index contributed by atoms with van der Waals surface area (Å²) in [6.07, 6.45) is 4.72. The minimum atomic E-state index is -3.88. The second-order valence-corrected chi connectivity index (χ2v) is 7.34. The van der Waals surface area contributed by atoms with E-state index in [4.69, 9.17) is 11.6 Å². The third-order valence-electron chi connectivity index (χ3n) is 3.70. The maximum atomic E-state index is 13.3. The highest BCUT2D eigenvalue weighted by Crippen LogP contribution is 2.23.